The summed E-state index contributed by atoms with van der Waals surface area (Å²) < 4.78 is 4.78. The number of rotatable bonds is 2. The van der Waals surface area contributed by atoms with E-state index in [1.807, 2.05) is 0 Å². The van der Waals surface area contributed by atoms with E-state index in [0.717, 1.165) is 41.4 Å². The van der Waals surface area contributed by atoms with Gasteiger partial charge in [0.25, 0.3) is 0 Å². The molecule has 14 heavy (non-hydrogen) atoms. The number of hydrogen-bond donors (Lipinski definition) is 1. The van der Waals surface area contributed by atoms with Crippen LogP contribution >= 0.6 is 0 Å². The van der Waals surface area contributed by atoms with Crippen molar-refractivity contribution in [3.05, 3.63) is 0 Å². The molecule has 3 heteroatoms. The van der Waals surface area contributed by atoms with Crippen molar-refractivity contribution in [2.75, 3.05) is 7.11 Å². The fourth-order valence-corrected chi connectivity index (χ4v) is 6.47. The highest BCUT2D eigenvalue weighted by Gasteiger charge is 3.05. The summed E-state index contributed by atoms with van der Waals surface area (Å²) in [6.45, 7) is 0. The molecule has 0 aromatic heterocycles. The van der Waals surface area contributed by atoms with Crippen LogP contribution in [0.3, 0.4) is 0 Å². The van der Waals surface area contributed by atoms with Gasteiger partial charge in [0.2, 0.25) is 0 Å². The van der Waals surface area contributed by atoms with Crippen molar-refractivity contribution in [2.24, 2.45) is 52.6 Å². The molecule has 6 saturated carbocycles. The van der Waals surface area contributed by atoms with E-state index in [1.54, 1.807) is 0 Å². The quantitative estimate of drug-likeness (QED) is 0.618. The second kappa shape index (κ2) is 1.45. The van der Waals surface area contributed by atoms with Crippen molar-refractivity contribution in [3.8, 4) is 0 Å². The summed E-state index contributed by atoms with van der Waals surface area (Å²) in [4.78, 5) is 11.5. The molecule has 6 fully saturated rings. The highest BCUT2D eigenvalue weighted by molar-refractivity contribution is 5.79. The monoisotopic (exact) mass is 191 g/mol. The third-order valence-corrected chi connectivity index (χ3v) is 6.55. The van der Waals surface area contributed by atoms with E-state index in [2.05, 4.69) is 0 Å². The molecule has 0 aliphatic heterocycles. The zero-order chi connectivity index (χ0) is 9.40. The molecular weight excluding hydrogens is 178 g/mol. The average molecular weight is 191 g/mol. The molecule has 0 bridgehead atoms. The van der Waals surface area contributed by atoms with E-state index in [0.29, 0.717) is 0 Å². The Bertz CT molecular complexity index is 340. The topological polar surface area (TPSA) is 52.3 Å². The molecule has 0 aromatic rings. The van der Waals surface area contributed by atoms with Gasteiger partial charge in [-0.25, -0.2) is 0 Å². The normalized spacial score (nSPS) is 74.0. The summed E-state index contributed by atoms with van der Waals surface area (Å²) in [6.07, 6.45) is 0. The molecule has 3 nitrogen and oxygen atoms in total. The molecule has 0 amide bonds. The maximum Gasteiger partial charge on any atom is 0.323 e. The van der Waals surface area contributed by atoms with E-state index in [1.165, 1.54) is 7.11 Å². The summed E-state index contributed by atoms with van der Waals surface area (Å²) in [6, 6.07) is -0.308. The van der Waals surface area contributed by atoms with Gasteiger partial charge in [0, 0.05) is 5.41 Å². The molecule has 6 aliphatic rings. The van der Waals surface area contributed by atoms with Gasteiger partial charge in [-0.3, -0.25) is 4.79 Å². The van der Waals surface area contributed by atoms with Crippen LogP contribution in [0.15, 0.2) is 0 Å². The molecule has 2 N–H and O–H groups in total. The van der Waals surface area contributed by atoms with Crippen molar-refractivity contribution in [2.45, 2.75) is 6.04 Å². The molecule has 1 atom stereocenters. The summed E-state index contributed by atoms with van der Waals surface area (Å²) in [5.74, 6) is 6.38. The van der Waals surface area contributed by atoms with E-state index in [-0.39, 0.29) is 17.4 Å². The number of hydrogen-bond acceptors (Lipinski definition) is 3. The highest BCUT2D eigenvalue weighted by atomic mass is 16.5. The van der Waals surface area contributed by atoms with Crippen LogP contribution in [0.25, 0.3) is 0 Å². The molecule has 0 radical (unpaired) electrons. The van der Waals surface area contributed by atoms with Gasteiger partial charge in [-0.15, -0.1) is 0 Å². The third-order valence-electron chi connectivity index (χ3n) is 6.55. The first kappa shape index (κ1) is 6.83. The first-order valence-electron chi connectivity index (χ1n) is 5.59. The summed E-state index contributed by atoms with van der Waals surface area (Å²) >= 11 is 0. The third kappa shape index (κ3) is 0.290. The SMILES string of the molecule is COC(=O)C(N)C12C3C4C5C3C1C5C42. The molecule has 0 aromatic carbocycles. The Hall–Kier alpha value is -0.570. The summed E-state index contributed by atoms with van der Waals surface area (Å²) in [7, 11) is 1.45. The minimum absolute atomic E-state index is 0.180. The van der Waals surface area contributed by atoms with Crippen molar-refractivity contribution in [1.29, 1.82) is 0 Å². The van der Waals surface area contributed by atoms with Crippen LogP contribution in [0.4, 0.5) is 0 Å². The van der Waals surface area contributed by atoms with Gasteiger partial charge in [0.1, 0.15) is 6.04 Å². The minimum Gasteiger partial charge on any atom is -0.468 e. The first-order valence-corrected chi connectivity index (χ1v) is 5.59. The van der Waals surface area contributed by atoms with Crippen molar-refractivity contribution < 1.29 is 9.53 Å². The number of nitrogens with two attached hydrogens (primary N) is 1. The Labute approximate surface area is 82.0 Å². The molecule has 0 heterocycles. The maximum absolute atomic E-state index is 11.5. The van der Waals surface area contributed by atoms with E-state index in [9.17, 15) is 4.79 Å². The second-order valence-electron chi connectivity index (χ2n) is 5.89. The standard InChI is InChI=1S/C11H13NO2/c1-14-10(13)9(12)11-6-3-2-4(6)8(11)5(2)7(3)11/h2-9H,12H2,1H3. The molecular formula is C11H13NO2. The fourth-order valence-electron chi connectivity index (χ4n) is 6.47. The molecule has 6 aliphatic carbocycles. The van der Waals surface area contributed by atoms with Gasteiger partial charge in [-0.05, 0) is 41.4 Å². The van der Waals surface area contributed by atoms with E-state index in [4.69, 9.17) is 10.5 Å². The van der Waals surface area contributed by atoms with Gasteiger partial charge in [0.05, 0.1) is 7.11 Å². The lowest BCUT2D eigenvalue weighted by molar-refractivity contribution is -0.616. The number of methoxy groups -OCH3 is 1. The number of esters is 1. The number of carbonyl (C=O) groups is 1. The van der Waals surface area contributed by atoms with Gasteiger partial charge in [-0.2, -0.15) is 0 Å². The average Bonchev–Trinajstić information content (AvgIpc) is 2.27. The molecule has 6 rings (SSSR count). The Morgan fingerprint density at radius 2 is 1.71 bits per heavy atom. The maximum atomic E-state index is 11.5. The Morgan fingerprint density at radius 1 is 1.21 bits per heavy atom. The summed E-state index contributed by atoms with van der Waals surface area (Å²) in [5.41, 5.74) is 6.30. The van der Waals surface area contributed by atoms with Crippen molar-refractivity contribution in [3.63, 3.8) is 0 Å². The largest absolute Gasteiger partial charge is 0.468 e. The van der Waals surface area contributed by atoms with Crippen LogP contribution in [0.5, 0.6) is 0 Å². The zero-order valence-electron chi connectivity index (χ0n) is 8.01. The van der Waals surface area contributed by atoms with E-state index < -0.39 is 0 Å². The van der Waals surface area contributed by atoms with Gasteiger partial charge in [-0.1, -0.05) is 0 Å². The van der Waals surface area contributed by atoms with Gasteiger partial charge in [0.15, 0.2) is 0 Å². The van der Waals surface area contributed by atoms with Crippen LogP contribution in [-0.2, 0) is 9.53 Å². The lowest BCUT2D eigenvalue weighted by Gasteiger charge is -3.08. The number of carbonyl (C=O) groups excluding carboxylic acids is 1. The Morgan fingerprint density at radius 3 is 2.14 bits per heavy atom. The van der Waals surface area contributed by atoms with E-state index >= 15 is 0 Å². The second-order valence-corrected chi connectivity index (χ2v) is 5.89. The molecule has 1 unspecified atom stereocenters. The molecule has 0 saturated heterocycles. The lowest BCUT2D eigenvalue weighted by Crippen LogP contribution is -3.07. The Kier molecular flexibility index (Phi) is 0.709. The zero-order valence-corrected chi connectivity index (χ0v) is 8.01. The predicted octanol–water partition coefficient (Wildman–Crippen LogP) is -0.146. The van der Waals surface area contributed by atoms with Crippen molar-refractivity contribution in [1.82, 2.24) is 0 Å². The smallest absolute Gasteiger partial charge is 0.323 e. The lowest BCUT2D eigenvalue weighted by atomic mass is 8.96. The minimum atomic E-state index is -0.308. The first-order chi connectivity index (χ1) is 6.76. The summed E-state index contributed by atoms with van der Waals surface area (Å²) in [5, 5.41) is 0. The van der Waals surface area contributed by atoms with Gasteiger partial charge < -0.3 is 10.5 Å². The highest BCUT2D eigenvalue weighted by Crippen LogP contribution is 3.06. The number of ether oxygens (including phenoxy) is 1. The van der Waals surface area contributed by atoms with Crippen LogP contribution in [0.2, 0.25) is 0 Å². The molecule has 0 spiro atoms. The van der Waals surface area contributed by atoms with Crippen LogP contribution < -0.4 is 5.73 Å². The fraction of sp³-hybridized carbons (Fsp3) is 0.909. The van der Waals surface area contributed by atoms with Crippen LogP contribution in [-0.4, -0.2) is 19.1 Å². The molecule has 74 valence electrons. The van der Waals surface area contributed by atoms with Crippen molar-refractivity contribution >= 4 is 5.97 Å². The Balaban J connectivity index is 1.54. The van der Waals surface area contributed by atoms with Crippen LogP contribution in [0, 0.1) is 46.8 Å². The predicted molar refractivity (Wildman–Crippen MR) is 46.9 cm³/mol. The van der Waals surface area contributed by atoms with Gasteiger partial charge >= 0.3 is 5.97 Å². The van der Waals surface area contributed by atoms with Crippen LogP contribution in [0.1, 0.15) is 0 Å².